The zero-order chi connectivity index (χ0) is 11.8. The molecule has 0 fully saturated rings. The van der Waals surface area contributed by atoms with Crippen molar-refractivity contribution in [3.63, 3.8) is 0 Å². The Kier molecular flexibility index (Phi) is 5.37. The van der Waals surface area contributed by atoms with Gasteiger partial charge in [-0.1, -0.05) is 0 Å². The molecule has 1 aromatic carbocycles. The quantitative estimate of drug-likeness (QED) is 0.328. The van der Waals surface area contributed by atoms with Crippen molar-refractivity contribution in [3.8, 4) is 6.07 Å². The molecule has 0 aliphatic heterocycles. The maximum Gasteiger partial charge on any atom is 0.269 e. The molecule has 0 unspecified atom stereocenters. The number of hydrogen-bond donors (Lipinski definition) is 0. The van der Waals surface area contributed by atoms with Crippen LogP contribution in [0.1, 0.15) is 19.3 Å². The van der Waals surface area contributed by atoms with Crippen molar-refractivity contribution in [3.05, 3.63) is 34.4 Å². The van der Waals surface area contributed by atoms with E-state index in [2.05, 4.69) is 6.07 Å². The summed E-state index contributed by atoms with van der Waals surface area (Å²) in [5, 5.41) is 18.8. The summed E-state index contributed by atoms with van der Waals surface area (Å²) in [5.41, 5.74) is 0.119. The first-order valence-corrected chi connectivity index (χ1v) is 5.97. The molecule has 0 saturated heterocycles. The number of nitro groups is 1. The van der Waals surface area contributed by atoms with E-state index in [9.17, 15) is 10.1 Å². The van der Waals surface area contributed by atoms with Crippen LogP contribution in [0.25, 0.3) is 0 Å². The number of nitrogens with zero attached hydrogens (tertiary/aromatic N) is 2. The van der Waals surface area contributed by atoms with Crippen LogP contribution < -0.4 is 0 Å². The number of nitriles is 1. The summed E-state index contributed by atoms with van der Waals surface area (Å²) in [4.78, 5) is 11.0. The molecular formula is C11H12N2O2S. The fraction of sp³-hybridized carbons (Fsp3) is 0.364. The van der Waals surface area contributed by atoms with Crippen LogP contribution in [0, 0.1) is 21.4 Å². The smallest absolute Gasteiger partial charge is 0.258 e. The number of non-ortho nitro benzene ring substituents is 1. The summed E-state index contributed by atoms with van der Waals surface area (Å²) in [6, 6.07) is 8.64. The number of rotatable bonds is 6. The molecule has 0 spiro atoms. The van der Waals surface area contributed by atoms with Gasteiger partial charge in [0.15, 0.2) is 0 Å². The maximum absolute atomic E-state index is 10.4. The Labute approximate surface area is 98.4 Å². The SMILES string of the molecule is N#CCCCCSc1ccc([N+](=O)[O-])cc1. The van der Waals surface area contributed by atoms with Crippen molar-refractivity contribution in [1.29, 1.82) is 5.26 Å². The van der Waals surface area contributed by atoms with Crippen LogP contribution in [0.4, 0.5) is 5.69 Å². The molecule has 0 heterocycles. The van der Waals surface area contributed by atoms with Crippen molar-refractivity contribution in [2.75, 3.05) is 5.75 Å². The largest absolute Gasteiger partial charge is 0.269 e. The molecule has 0 bridgehead atoms. The van der Waals surface area contributed by atoms with Crippen molar-refractivity contribution >= 4 is 17.4 Å². The zero-order valence-electron chi connectivity index (χ0n) is 8.76. The fourth-order valence-electron chi connectivity index (χ4n) is 1.16. The molecule has 0 N–H and O–H groups in total. The molecule has 0 aromatic heterocycles. The zero-order valence-corrected chi connectivity index (χ0v) is 9.57. The van der Waals surface area contributed by atoms with Crippen molar-refractivity contribution in [1.82, 2.24) is 0 Å². The molecule has 1 rings (SSSR count). The minimum absolute atomic E-state index is 0.119. The van der Waals surface area contributed by atoms with E-state index in [4.69, 9.17) is 5.26 Å². The van der Waals surface area contributed by atoms with Gasteiger partial charge < -0.3 is 0 Å². The van der Waals surface area contributed by atoms with Crippen LogP contribution in [0.5, 0.6) is 0 Å². The van der Waals surface area contributed by atoms with E-state index in [-0.39, 0.29) is 5.69 Å². The van der Waals surface area contributed by atoms with E-state index in [1.54, 1.807) is 23.9 Å². The Morgan fingerprint density at radius 1 is 1.31 bits per heavy atom. The summed E-state index contributed by atoms with van der Waals surface area (Å²) < 4.78 is 0. The first-order valence-electron chi connectivity index (χ1n) is 4.98. The first-order chi connectivity index (χ1) is 7.74. The van der Waals surface area contributed by atoms with Gasteiger partial charge in [0.2, 0.25) is 0 Å². The van der Waals surface area contributed by atoms with E-state index in [0.717, 1.165) is 23.5 Å². The second kappa shape index (κ2) is 6.85. The second-order valence-electron chi connectivity index (χ2n) is 3.21. The first kappa shape index (κ1) is 12.5. The third-order valence-corrected chi connectivity index (χ3v) is 3.10. The highest BCUT2D eigenvalue weighted by molar-refractivity contribution is 7.99. The highest BCUT2D eigenvalue weighted by Gasteiger charge is 2.03. The van der Waals surface area contributed by atoms with Crippen LogP contribution in [0.2, 0.25) is 0 Å². The van der Waals surface area contributed by atoms with E-state index in [1.807, 2.05) is 0 Å². The van der Waals surface area contributed by atoms with Gasteiger partial charge in [-0.2, -0.15) is 5.26 Å². The van der Waals surface area contributed by atoms with Crippen molar-refractivity contribution in [2.45, 2.75) is 24.2 Å². The summed E-state index contributed by atoms with van der Waals surface area (Å²) in [6.45, 7) is 0. The molecule has 0 atom stereocenters. The van der Waals surface area contributed by atoms with Crippen LogP contribution in [-0.2, 0) is 0 Å². The Bertz CT molecular complexity index is 384. The molecule has 0 radical (unpaired) electrons. The van der Waals surface area contributed by atoms with Crippen LogP contribution in [0.15, 0.2) is 29.2 Å². The standard InChI is InChI=1S/C11H12N2O2S/c12-8-2-1-3-9-16-11-6-4-10(5-7-11)13(14)15/h4-7H,1-3,9H2. The fourth-order valence-corrected chi connectivity index (χ4v) is 2.07. The number of unbranched alkanes of at least 4 members (excludes halogenated alkanes) is 2. The maximum atomic E-state index is 10.4. The van der Waals surface area contributed by atoms with Gasteiger partial charge >= 0.3 is 0 Å². The molecular weight excluding hydrogens is 224 g/mol. The molecule has 0 saturated carbocycles. The Hall–Kier alpha value is -1.54. The Balaban J connectivity index is 2.33. The normalized spacial score (nSPS) is 9.69. The van der Waals surface area contributed by atoms with Gasteiger partial charge in [-0.25, -0.2) is 0 Å². The van der Waals surface area contributed by atoms with Gasteiger partial charge in [-0.05, 0) is 30.7 Å². The lowest BCUT2D eigenvalue weighted by molar-refractivity contribution is -0.384. The average Bonchev–Trinajstić information content (AvgIpc) is 2.29. The summed E-state index contributed by atoms with van der Waals surface area (Å²) >= 11 is 1.66. The predicted molar refractivity (Wildman–Crippen MR) is 63.3 cm³/mol. The summed E-state index contributed by atoms with van der Waals surface area (Å²) in [5.74, 6) is 0.944. The van der Waals surface area contributed by atoms with Gasteiger partial charge in [-0.15, -0.1) is 11.8 Å². The lowest BCUT2D eigenvalue weighted by Gasteiger charge is -1.99. The predicted octanol–water partition coefficient (Wildman–Crippen LogP) is 3.38. The van der Waals surface area contributed by atoms with Gasteiger partial charge in [-0.3, -0.25) is 10.1 Å². The van der Waals surface area contributed by atoms with Gasteiger partial charge in [0.1, 0.15) is 0 Å². The highest BCUT2D eigenvalue weighted by atomic mass is 32.2. The van der Waals surface area contributed by atoms with E-state index < -0.39 is 4.92 Å². The number of nitro benzene ring substituents is 1. The molecule has 16 heavy (non-hydrogen) atoms. The van der Waals surface area contributed by atoms with Crippen LogP contribution >= 0.6 is 11.8 Å². The lowest BCUT2D eigenvalue weighted by Crippen LogP contribution is -1.87. The van der Waals surface area contributed by atoms with E-state index in [0.29, 0.717) is 6.42 Å². The van der Waals surface area contributed by atoms with E-state index in [1.165, 1.54) is 12.1 Å². The molecule has 84 valence electrons. The highest BCUT2D eigenvalue weighted by Crippen LogP contribution is 2.22. The summed E-state index contributed by atoms with van der Waals surface area (Å²) in [6.07, 6.45) is 2.51. The average molecular weight is 236 g/mol. The monoisotopic (exact) mass is 236 g/mol. The molecule has 1 aromatic rings. The van der Waals surface area contributed by atoms with Crippen molar-refractivity contribution < 1.29 is 4.92 Å². The number of thioether (sulfide) groups is 1. The number of hydrogen-bond acceptors (Lipinski definition) is 4. The molecule has 0 aliphatic rings. The van der Waals surface area contributed by atoms with Gasteiger partial charge in [0.05, 0.1) is 11.0 Å². The third kappa shape index (κ3) is 4.32. The van der Waals surface area contributed by atoms with Crippen LogP contribution in [0.3, 0.4) is 0 Å². The van der Waals surface area contributed by atoms with Gasteiger partial charge in [0.25, 0.3) is 5.69 Å². The molecule has 5 heteroatoms. The van der Waals surface area contributed by atoms with Crippen molar-refractivity contribution in [2.24, 2.45) is 0 Å². The minimum atomic E-state index is -0.401. The van der Waals surface area contributed by atoms with Gasteiger partial charge in [0, 0.05) is 23.4 Å². The molecule has 4 nitrogen and oxygen atoms in total. The third-order valence-electron chi connectivity index (χ3n) is 2.00. The topological polar surface area (TPSA) is 66.9 Å². The Morgan fingerprint density at radius 2 is 2.00 bits per heavy atom. The molecule has 0 aliphatic carbocycles. The molecule has 0 amide bonds. The Morgan fingerprint density at radius 3 is 2.56 bits per heavy atom. The lowest BCUT2D eigenvalue weighted by atomic mass is 10.3. The minimum Gasteiger partial charge on any atom is -0.258 e. The van der Waals surface area contributed by atoms with Crippen LogP contribution in [-0.4, -0.2) is 10.7 Å². The second-order valence-corrected chi connectivity index (χ2v) is 4.38. The number of benzene rings is 1. The van der Waals surface area contributed by atoms with E-state index >= 15 is 0 Å². The summed E-state index contributed by atoms with van der Waals surface area (Å²) in [7, 11) is 0.